The molecule has 14 nitrogen and oxygen atoms in total. The topological polar surface area (TPSA) is 228 Å². The van der Waals surface area contributed by atoms with Crippen molar-refractivity contribution < 1.29 is 64.6 Å². The summed E-state index contributed by atoms with van der Waals surface area (Å²) in [5.41, 5.74) is 0. The minimum atomic E-state index is -1.79. The van der Waals surface area contributed by atoms with Gasteiger partial charge in [-0.05, 0) is 44.9 Å². The summed E-state index contributed by atoms with van der Waals surface area (Å²) in [6, 6.07) is -0.935. The van der Waals surface area contributed by atoms with E-state index in [2.05, 4.69) is 43.5 Å². The Hall–Kier alpha value is -1.79. The zero-order chi connectivity index (χ0) is 56.7. The predicted molar refractivity (Wildman–Crippen MR) is 314 cm³/mol. The van der Waals surface area contributed by atoms with Crippen LogP contribution in [-0.2, 0) is 23.7 Å². The van der Waals surface area contributed by atoms with E-state index in [1.54, 1.807) is 6.08 Å². The van der Waals surface area contributed by atoms with Crippen molar-refractivity contribution in [1.82, 2.24) is 5.32 Å². The number of carbonyl (C=O) groups is 1. The highest BCUT2D eigenvalue weighted by Gasteiger charge is 2.51. The van der Waals surface area contributed by atoms with E-state index in [0.717, 1.165) is 44.9 Å². The molecule has 2 fully saturated rings. The third kappa shape index (κ3) is 34.6. The molecule has 458 valence electrons. The largest absolute Gasteiger partial charge is 0.394 e. The van der Waals surface area contributed by atoms with Gasteiger partial charge in [0, 0.05) is 6.42 Å². The Bertz CT molecular complexity index is 1450. The van der Waals surface area contributed by atoms with E-state index in [1.165, 1.54) is 193 Å². The Morgan fingerprint density at radius 1 is 0.449 bits per heavy atom. The van der Waals surface area contributed by atoms with E-state index in [0.29, 0.717) is 12.8 Å². The van der Waals surface area contributed by atoms with E-state index in [4.69, 9.17) is 18.9 Å². The van der Waals surface area contributed by atoms with Crippen molar-refractivity contribution >= 4 is 5.91 Å². The Labute approximate surface area is 474 Å². The summed E-state index contributed by atoms with van der Waals surface area (Å²) >= 11 is 0. The molecule has 2 rings (SSSR count). The molecule has 9 N–H and O–H groups in total. The summed E-state index contributed by atoms with van der Waals surface area (Å²) in [5.74, 6) is -0.249. The van der Waals surface area contributed by atoms with Crippen LogP contribution in [0.3, 0.4) is 0 Å². The number of aliphatic hydroxyl groups excluding tert-OH is 8. The van der Waals surface area contributed by atoms with E-state index in [1.807, 2.05) is 6.08 Å². The van der Waals surface area contributed by atoms with Gasteiger partial charge in [-0.25, -0.2) is 0 Å². The first-order valence-corrected chi connectivity index (χ1v) is 32.2. The molecule has 14 heteroatoms. The molecular formula is C64H119NO13. The van der Waals surface area contributed by atoms with Crippen LogP contribution in [0, 0.1) is 0 Å². The molecule has 2 aliphatic rings. The maximum atomic E-state index is 13.3. The molecule has 12 atom stereocenters. The average molecular weight is 1110 g/mol. The molecule has 2 heterocycles. The highest BCUT2D eigenvalue weighted by molar-refractivity contribution is 5.76. The lowest BCUT2D eigenvalue weighted by atomic mass is 9.97. The number of aliphatic hydroxyl groups is 8. The van der Waals surface area contributed by atoms with Crippen LogP contribution in [-0.4, -0.2) is 140 Å². The van der Waals surface area contributed by atoms with Crippen molar-refractivity contribution in [3.05, 3.63) is 36.5 Å². The molecule has 12 unspecified atom stereocenters. The number of nitrogens with one attached hydrogen (secondary N) is 1. The van der Waals surface area contributed by atoms with Crippen molar-refractivity contribution in [2.24, 2.45) is 0 Å². The number of hydrogen-bond donors (Lipinski definition) is 9. The molecule has 2 aliphatic heterocycles. The molecule has 78 heavy (non-hydrogen) atoms. The number of unbranched alkanes of at least 4 members (excludes halogenated alkanes) is 35. The van der Waals surface area contributed by atoms with Crippen LogP contribution in [0.2, 0.25) is 0 Å². The van der Waals surface area contributed by atoms with Crippen LogP contribution >= 0.6 is 0 Å². The van der Waals surface area contributed by atoms with Gasteiger partial charge in [-0.3, -0.25) is 4.79 Å². The number of rotatable bonds is 52. The van der Waals surface area contributed by atoms with Gasteiger partial charge in [0.2, 0.25) is 5.91 Å². The number of hydrogen-bond acceptors (Lipinski definition) is 13. The Morgan fingerprint density at radius 3 is 1.26 bits per heavy atom. The fraction of sp³-hybridized carbons (Fsp3) is 0.891. The van der Waals surface area contributed by atoms with Gasteiger partial charge in [0.25, 0.3) is 0 Å². The number of amides is 1. The first-order valence-electron chi connectivity index (χ1n) is 32.2. The SMILES string of the molecule is CCCCCC/C=C/CC/C=C/CC/C=C/C(O)C(COC1OC(CO)C(OC2OC(CO)C(O)C(O)C2O)C(O)C1O)NC(=O)CCCCCCCCCCCCCCCCCCCCCCCCCCCCCCCC. The molecule has 0 aromatic rings. The van der Waals surface area contributed by atoms with Crippen molar-refractivity contribution in [2.75, 3.05) is 19.8 Å². The lowest BCUT2D eigenvalue weighted by Gasteiger charge is -2.46. The molecule has 0 aliphatic carbocycles. The second-order valence-electron chi connectivity index (χ2n) is 22.9. The third-order valence-electron chi connectivity index (χ3n) is 15.8. The summed E-state index contributed by atoms with van der Waals surface area (Å²) < 4.78 is 22.8. The van der Waals surface area contributed by atoms with Crippen LogP contribution in [0.4, 0.5) is 0 Å². The van der Waals surface area contributed by atoms with Crippen LogP contribution in [0.15, 0.2) is 36.5 Å². The summed E-state index contributed by atoms with van der Waals surface area (Å²) in [6.07, 6.45) is 45.0. The van der Waals surface area contributed by atoms with E-state index >= 15 is 0 Å². The standard InChI is InChI=1S/C64H119NO13/c1-3-5-7-9-11-13-15-17-19-20-21-22-23-24-25-26-27-28-29-30-31-32-33-34-36-38-40-42-44-46-48-56(69)65-52(53(68)47-45-43-41-39-37-35-18-16-14-12-10-8-6-4-2)51-75-63-61(74)59(72)62(55(50-67)77-63)78-64-60(73)58(71)57(70)54(49-66)76-64/h14,16,37,39,45,47,52-55,57-64,66-68,70-74H,3-13,15,17-36,38,40-44,46,48-51H2,1-2H3,(H,65,69)/b16-14+,39-37+,47-45+. The van der Waals surface area contributed by atoms with Crippen LogP contribution in [0.5, 0.6) is 0 Å². The molecule has 0 bridgehead atoms. The predicted octanol–water partition coefficient (Wildman–Crippen LogP) is 11.8. The highest BCUT2D eigenvalue weighted by atomic mass is 16.7. The summed E-state index contributed by atoms with van der Waals surface area (Å²) in [5, 5.41) is 87.1. The van der Waals surface area contributed by atoms with E-state index in [-0.39, 0.29) is 18.9 Å². The van der Waals surface area contributed by atoms with Crippen molar-refractivity contribution in [3.63, 3.8) is 0 Å². The van der Waals surface area contributed by atoms with Gasteiger partial charge in [-0.1, -0.05) is 256 Å². The Morgan fingerprint density at radius 2 is 0.821 bits per heavy atom. The first kappa shape index (κ1) is 72.3. The van der Waals surface area contributed by atoms with Gasteiger partial charge in [0.15, 0.2) is 12.6 Å². The summed E-state index contributed by atoms with van der Waals surface area (Å²) in [4.78, 5) is 13.3. The average Bonchev–Trinajstić information content (AvgIpc) is 3.48. The maximum absolute atomic E-state index is 13.3. The quantitative estimate of drug-likeness (QED) is 0.0204. The Kier molecular flexibility index (Phi) is 46.2. The summed E-state index contributed by atoms with van der Waals surface area (Å²) in [7, 11) is 0. The number of carbonyl (C=O) groups excluding carboxylic acids is 1. The van der Waals surface area contributed by atoms with E-state index in [9.17, 15) is 45.6 Å². The van der Waals surface area contributed by atoms with Gasteiger partial charge < -0.3 is 65.1 Å². The zero-order valence-corrected chi connectivity index (χ0v) is 49.4. The number of ether oxygens (including phenoxy) is 4. The summed E-state index contributed by atoms with van der Waals surface area (Å²) in [6.45, 7) is 2.77. The molecule has 0 spiro atoms. The maximum Gasteiger partial charge on any atom is 0.220 e. The van der Waals surface area contributed by atoms with Crippen LogP contribution in [0.25, 0.3) is 0 Å². The molecular weight excluding hydrogens is 991 g/mol. The van der Waals surface area contributed by atoms with Crippen molar-refractivity contribution in [3.8, 4) is 0 Å². The van der Waals surface area contributed by atoms with E-state index < -0.39 is 86.8 Å². The van der Waals surface area contributed by atoms with Crippen LogP contribution < -0.4 is 5.32 Å². The fourth-order valence-electron chi connectivity index (χ4n) is 10.6. The molecule has 0 aromatic carbocycles. The van der Waals surface area contributed by atoms with Crippen molar-refractivity contribution in [2.45, 2.75) is 344 Å². The highest BCUT2D eigenvalue weighted by Crippen LogP contribution is 2.30. The van der Waals surface area contributed by atoms with Crippen molar-refractivity contribution in [1.29, 1.82) is 0 Å². The molecule has 0 radical (unpaired) electrons. The molecule has 0 aromatic heterocycles. The monoisotopic (exact) mass is 1110 g/mol. The minimum Gasteiger partial charge on any atom is -0.394 e. The minimum absolute atomic E-state index is 0.249. The van der Waals surface area contributed by atoms with Gasteiger partial charge in [0.05, 0.1) is 32.0 Å². The third-order valence-corrected chi connectivity index (χ3v) is 15.8. The smallest absolute Gasteiger partial charge is 0.220 e. The lowest BCUT2D eigenvalue weighted by molar-refractivity contribution is -0.359. The molecule has 0 saturated carbocycles. The first-order chi connectivity index (χ1) is 38.1. The number of allylic oxidation sites excluding steroid dienone is 5. The second kappa shape index (κ2) is 49.8. The van der Waals surface area contributed by atoms with Crippen LogP contribution in [0.1, 0.15) is 271 Å². The normalized spacial score (nSPS) is 24.7. The van der Waals surface area contributed by atoms with Gasteiger partial charge in [0.1, 0.15) is 48.8 Å². The van der Waals surface area contributed by atoms with Gasteiger partial charge in [-0.2, -0.15) is 0 Å². The lowest BCUT2D eigenvalue weighted by Crippen LogP contribution is -2.65. The fourth-order valence-corrected chi connectivity index (χ4v) is 10.6. The van der Waals surface area contributed by atoms with Gasteiger partial charge in [-0.15, -0.1) is 0 Å². The zero-order valence-electron chi connectivity index (χ0n) is 49.4. The molecule has 1 amide bonds. The second-order valence-corrected chi connectivity index (χ2v) is 22.9. The van der Waals surface area contributed by atoms with Gasteiger partial charge >= 0.3 is 0 Å². The molecule has 2 saturated heterocycles. The Balaban J connectivity index is 1.66.